The number of hydrogen-bond acceptors (Lipinski definition) is 4. The fourth-order valence-corrected chi connectivity index (χ4v) is 2.43. The Morgan fingerprint density at radius 3 is 2.60 bits per heavy atom. The van der Waals surface area contributed by atoms with Gasteiger partial charge < -0.3 is 20.7 Å². The van der Waals surface area contributed by atoms with Crippen molar-refractivity contribution in [3.63, 3.8) is 0 Å². The fraction of sp³-hybridized carbons (Fsp3) is 0.625. The lowest BCUT2D eigenvalue weighted by Crippen LogP contribution is -2.36. The van der Waals surface area contributed by atoms with Crippen LogP contribution in [0.4, 0.5) is 11.4 Å². The lowest BCUT2D eigenvalue weighted by atomic mass is 10.1. The molecule has 3 N–H and O–H groups in total. The Hall–Kier alpha value is -1.26. The number of rotatable bonds is 7. The van der Waals surface area contributed by atoms with Crippen LogP contribution >= 0.6 is 0 Å². The van der Waals surface area contributed by atoms with Gasteiger partial charge in [-0.2, -0.15) is 0 Å². The molecule has 1 aliphatic rings. The lowest BCUT2D eigenvalue weighted by molar-refractivity contribution is 0.122. The molecule has 2 rings (SSSR count). The predicted molar refractivity (Wildman–Crippen MR) is 85.5 cm³/mol. The van der Waals surface area contributed by atoms with Crippen molar-refractivity contribution in [3.05, 3.63) is 24.3 Å². The van der Waals surface area contributed by atoms with Gasteiger partial charge in [0.1, 0.15) is 0 Å². The minimum absolute atomic E-state index is 0.244. The van der Waals surface area contributed by atoms with Crippen molar-refractivity contribution >= 4 is 11.4 Å². The van der Waals surface area contributed by atoms with Crippen molar-refractivity contribution in [2.45, 2.75) is 32.2 Å². The maximum atomic E-state index is 6.07. The summed E-state index contributed by atoms with van der Waals surface area (Å²) in [4.78, 5) is 2.36. The second-order valence-electron chi connectivity index (χ2n) is 5.43. The topological polar surface area (TPSA) is 50.5 Å². The first-order chi connectivity index (χ1) is 9.79. The zero-order valence-electron chi connectivity index (χ0n) is 12.5. The van der Waals surface area contributed by atoms with Gasteiger partial charge in [-0.05, 0) is 30.7 Å². The first-order valence-electron chi connectivity index (χ1n) is 7.72. The molecule has 1 heterocycles. The van der Waals surface area contributed by atoms with Crippen LogP contribution in [0.25, 0.3) is 0 Å². The molecule has 4 nitrogen and oxygen atoms in total. The van der Waals surface area contributed by atoms with Crippen LogP contribution < -0.4 is 16.0 Å². The van der Waals surface area contributed by atoms with Gasteiger partial charge in [0.15, 0.2) is 0 Å². The van der Waals surface area contributed by atoms with Crippen molar-refractivity contribution in [2.75, 3.05) is 43.1 Å². The predicted octanol–water partition coefficient (Wildman–Crippen LogP) is 2.45. The molecule has 0 spiro atoms. The van der Waals surface area contributed by atoms with Gasteiger partial charge in [0.05, 0.1) is 13.2 Å². The summed E-state index contributed by atoms with van der Waals surface area (Å²) in [7, 11) is 0. The first kappa shape index (κ1) is 15.1. The average molecular weight is 277 g/mol. The number of nitrogens with zero attached hydrogens (tertiary/aromatic N) is 1. The Labute approximate surface area is 122 Å². The minimum atomic E-state index is 0.244. The third-order valence-corrected chi connectivity index (χ3v) is 3.74. The van der Waals surface area contributed by atoms with E-state index in [0.29, 0.717) is 0 Å². The second kappa shape index (κ2) is 8.12. The summed E-state index contributed by atoms with van der Waals surface area (Å²) in [5.41, 5.74) is 8.49. The van der Waals surface area contributed by atoms with Gasteiger partial charge >= 0.3 is 0 Å². The number of morpholine rings is 1. The molecule has 0 bridgehead atoms. The molecule has 0 aliphatic carbocycles. The molecular weight excluding hydrogens is 250 g/mol. The Morgan fingerprint density at radius 2 is 1.95 bits per heavy atom. The molecule has 1 aromatic carbocycles. The molecule has 1 saturated heterocycles. The van der Waals surface area contributed by atoms with E-state index in [1.54, 1.807) is 0 Å². The van der Waals surface area contributed by atoms with Gasteiger partial charge in [-0.15, -0.1) is 0 Å². The minimum Gasteiger partial charge on any atom is -0.383 e. The highest BCUT2D eigenvalue weighted by Gasteiger charge is 2.10. The van der Waals surface area contributed by atoms with Gasteiger partial charge in [-0.25, -0.2) is 0 Å². The van der Waals surface area contributed by atoms with E-state index < -0.39 is 0 Å². The summed E-state index contributed by atoms with van der Waals surface area (Å²) < 4.78 is 5.37. The monoisotopic (exact) mass is 277 g/mol. The SMILES string of the molecule is CCCCC(N)CNc1ccc(N2CCOCC2)cc1. The molecular formula is C16H27N3O. The third-order valence-electron chi connectivity index (χ3n) is 3.74. The highest BCUT2D eigenvalue weighted by Crippen LogP contribution is 2.19. The molecule has 1 atom stereocenters. The smallest absolute Gasteiger partial charge is 0.0642 e. The molecule has 0 radical (unpaired) electrons. The Morgan fingerprint density at radius 1 is 1.25 bits per heavy atom. The molecule has 0 aromatic heterocycles. The second-order valence-corrected chi connectivity index (χ2v) is 5.43. The van der Waals surface area contributed by atoms with E-state index in [1.165, 1.54) is 18.5 Å². The van der Waals surface area contributed by atoms with Crippen LogP contribution in [0.5, 0.6) is 0 Å². The summed E-state index contributed by atoms with van der Waals surface area (Å²) in [5, 5.41) is 3.42. The molecule has 1 fully saturated rings. The van der Waals surface area contributed by atoms with Crippen molar-refractivity contribution < 1.29 is 4.74 Å². The van der Waals surface area contributed by atoms with Crippen LogP contribution in [-0.4, -0.2) is 38.9 Å². The van der Waals surface area contributed by atoms with Crippen LogP contribution in [0, 0.1) is 0 Å². The Kier molecular flexibility index (Phi) is 6.15. The third kappa shape index (κ3) is 4.69. The van der Waals surface area contributed by atoms with Crippen LogP contribution in [-0.2, 0) is 4.74 Å². The number of hydrogen-bond donors (Lipinski definition) is 2. The number of unbranched alkanes of at least 4 members (excludes halogenated alkanes) is 1. The molecule has 0 amide bonds. The standard InChI is InChI=1S/C16H27N3O/c1-2-3-4-14(17)13-18-15-5-7-16(8-6-15)19-9-11-20-12-10-19/h5-8,14,18H,2-4,9-13,17H2,1H3. The molecule has 0 saturated carbocycles. The van der Waals surface area contributed by atoms with Crippen molar-refractivity contribution in [3.8, 4) is 0 Å². The van der Waals surface area contributed by atoms with Crippen molar-refractivity contribution in [2.24, 2.45) is 5.73 Å². The van der Waals surface area contributed by atoms with E-state index in [1.807, 2.05) is 0 Å². The average Bonchev–Trinajstić information content (AvgIpc) is 2.52. The van der Waals surface area contributed by atoms with Gasteiger partial charge in [-0.1, -0.05) is 19.8 Å². The molecule has 1 aromatic rings. The Balaban J connectivity index is 1.79. The number of ether oxygens (including phenoxy) is 1. The number of benzene rings is 1. The lowest BCUT2D eigenvalue weighted by Gasteiger charge is -2.29. The molecule has 4 heteroatoms. The van der Waals surface area contributed by atoms with Crippen molar-refractivity contribution in [1.29, 1.82) is 0 Å². The van der Waals surface area contributed by atoms with Crippen LogP contribution in [0.3, 0.4) is 0 Å². The Bertz CT molecular complexity index is 374. The van der Waals surface area contributed by atoms with Crippen molar-refractivity contribution in [1.82, 2.24) is 0 Å². The van der Waals surface area contributed by atoms with Gasteiger partial charge in [0.25, 0.3) is 0 Å². The van der Waals surface area contributed by atoms with E-state index in [0.717, 1.165) is 45.0 Å². The molecule has 1 unspecified atom stereocenters. The summed E-state index contributed by atoms with van der Waals surface area (Å²) in [5.74, 6) is 0. The maximum absolute atomic E-state index is 6.07. The molecule has 112 valence electrons. The van der Waals surface area contributed by atoms with Gasteiger partial charge in [-0.3, -0.25) is 0 Å². The normalized spacial score (nSPS) is 17.0. The molecule has 1 aliphatic heterocycles. The van der Waals surface area contributed by atoms with Gasteiger partial charge in [0, 0.05) is 37.1 Å². The van der Waals surface area contributed by atoms with Crippen LogP contribution in [0.2, 0.25) is 0 Å². The van der Waals surface area contributed by atoms with E-state index in [2.05, 4.69) is 41.4 Å². The quantitative estimate of drug-likeness (QED) is 0.804. The first-order valence-corrected chi connectivity index (χ1v) is 7.72. The summed E-state index contributed by atoms with van der Waals surface area (Å²) in [6, 6.07) is 8.86. The number of nitrogens with two attached hydrogens (primary N) is 1. The number of nitrogens with one attached hydrogen (secondary N) is 1. The zero-order chi connectivity index (χ0) is 14.2. The van der Waals surface area contributed by atoms with E-state index in [9.17, 15) is 0 Å². The zero-order valence-corrected chi connectivity index (χ0v) is 12.5. The highest BCUT2D eigenvalue weighted by molar-refractivity contribution is 5.55. The fourth-order valence-electron chi connectivity index (χ4n) is 2.43. The van der Waals surface area contributed by atoms with Gasteiger partial charge in [0.2, 0.25) is 0 Å². The van der Waals surface area contributed by atoms with E-state index in [-0.39, 0.29) is 6.04 Å². The number of anilines is 2. The van der Waals surface area contributed by atoms with Crippen LogP contribution in [0.15, 0.2) is 24.3 Å². The maximum Gasteiger partial charge on any atom is 0.0642 e. The van der Waals surface area contributed by atoms with E-state index in [4.69, 9.17) is 10.5 Å². The van der Waals surface area contributed by atoms with Crippen LogP contribution in [0.1, 0.15) is 26.2 Å². The highest BCUT2D eigenvalue weighted by atomic mass is 16.5. The van der Waals surface area contributed by atoms with E-state index >= 15 is 0 Å². The summed E-state index contributed by atoms with van der Waals surface area (Å²) in [6.45, 7) is 6.66. The summed E-state index contributed by atoms with van der Waals surface area (Å²) in [6.07, 6.45) is 3.51. The largest absolute Gasteiger partial charge is 0.383 e. The summed E-state index contributed by atoms with van der Waals surface area (Å²) >= 11 is 0. The molecule has 20 heavy (non-hydrogen) atoms.